The summed E-state index contributed by atoms with van der Waals surface area (Å²) >= 11 is 0. The number of para-hydroxylation sites is 1. The van der Waals surface area contributed by atoms with Gasteiger partial charge in [-0.25, -0.2) is 0 Å². The SMILES string of the molecule is CCOc1cccc(/C(O)=C2/C(=O)C(=O)N(c3ccccc3)C2c2ccc(OC(C)C)cc2)c1. The van der Waals surface area contributed by atoms with E-state index in [2.05, 4.69) is 0 Å². The number of rotatable bonds is 7. The summed E-state index contributed by atoms with van der Waals surface area (Å²) in [4.78, 5) is 27.9. The van der Waals surface area contributed by atoms with Crippen LogP contribution in [0.1, 0.15) is 37.9 Å². The minimum Gasteiger partial charge on any atom is -0.507 e. The maximum atomic E-state index is 13.2. The Bertz CT molecular complexity index is 1220. The lowest BCUT2D eigenvalue weighted by atomic mass is 9.95. The van der Waals surface area contributed by atoms with Crippen molar-refractivity contribution < 1.29 is 24.2 Å². The second-order valence-corrected chi connectivity index (χ2v) is 8.20. The molecule has 0 aromatic heterocycles. The van der Waals surface area contributed by atoms with Crippen LogP contribution in [-0.2, 0) is 9.59 Å². The largest absolute Gasteiger partial charge is 0.507 e. The summed E-state index contributed by atoms with van der Waals surface area (Å²) in [6, 6.07) is 22.3. The summed E-state index contributed by atoms with van der Waals surface area (Å²) in [7, 11) is 0. The van der Waals surface area contributed by atoms with Crippen molar-refractivity contribution in [1.29, 1.82) is 0 Å². The highest BCUT2D eigenvalue weighted by Gasteiger charge is 2.46. The predicted molar refractivity (Wildman–Crippen MR) is 131 cm³/mol. The van der Waals surface area contributed by atoms with Gasteiger partial charge in [0.1, 0.15) is 17.3 Å². The number of aliphatic hydroxyl groups is 1. The molecule has 0 aliphatic carbocycles. The van der Waals surface area contributed by atoms with E-state index >= 15 is 0 Å². The molecule has 0 bridgehead atoms. The third-order valence-corrected chi connectivity index (χ3v) is 5.46. The van der Waals surface area contributed by atoms with E-state index in [4.69, 9.17) is 9.47 Å². The topological polar surface area (TPSA) is 76.1 Å². The Morgan fingerprint density at radius 3 is 2.29 bits per heavy atom. The first-order valence-electron chi connectivity index (χ1n) is 11.3. The molecule has 1 aliphatic heterocycles. The first-order valence-corrected chi connectivity index (χ1v) is 11.3. The second-order valence-electron chi connectivity index (χ2n) is 8.20. The summed E-state index contributed by atoms with van der Waals surface area (Å²) in [5, 5.41) is 11.3. The van der Waals surface area contributed by atoms with Crippen molar-refractivity contribution in [1.82, 2.24) is 0 Å². The molecule has 6 nitrogen and oxygen atoms in total. The van der Waals surface area contributed by atoms with Crippen molar-refractivity contribution in [3.63, 3.8) is 0 Å². The predicted octanol–water partition coefficient (Wildman–Crippen LogP) is 5.50. The van der Waals surface area contributed by atoms with Gasteiger partial charge in [-0.05, 0) is 62.7 Å². The van der Waals surface area contributed by atoms with Gasteiger partial charge in [-0.1, -0.05) is 42.5 Å². The number of anilines is 1. The maximum Gasteiger partial charge on any atom is 0.300 e. The van der Waals surface area contributed by atoms with Crippen molar-refractivity contribution in [2.45, 2.75) is 32.9 Å². The van der Waals surface area contributed by atoms with E-state index in [9.17, 15) is 14.7 Å². The molecule has 1 heterocycles. The standard InChI is InChI=1S/C28H27NO5/c1-4-33-23-12-8-9-20(17-23)26(30)24-25(19-13-15-22(16-14-19)34-18(2)3)29(28(32)27(24)31)21-10-6-5-7-11-21/h5-18,25,30H,4H2,1-3H3/b26-24-. The van der Waals surface area contributed by atoms with E-state index < -0.39 is 17.7 Å². The van der Waals surface area contributed by atoms with Crippen LogP contribution in [0, 0.1) is 0 Å². The van der Waals surface area contributed by atoms with Crippen LogP contribution in [0.15, 0.2) is 84.4 Å². The van der Waals surface area contributed by atoms with Crippen LogP contribution in [0.4, 0.5) is 5.69 Å². The highest BCUT2D eigenvalue weighted by Crippen LogP contribution is 2.42. The molecule has 0 radical (unpaired) electrons. The average Bonchev–Trinajstić information content (AvgIpc) is 3.10. The lowest BCUT2D eigenvalue weighted by molar-refractivity contribution is -0.132. The van der Waals surface area contributed by atoms with Crippen LogP contribution < -0.4 is 14.4 Å². The molecule has 3 aromatic carbocycles. The number of carbonyl (C=O) groups excluding carboxylic acids is 2. The number of hydrogen-bond donors (Lipinski definition) is 1. The van der Waals surface area contributed by atoms with E-state index in [1.807, 2.05) is 39.0 Å². The summed E-state index contributed by atoms with van der Waals surface area (Å²) < 4.78 is 11.3. The molecule has 0 spiro atoms. The molecule has 1 saturated heterocycles. The molecule has 34 heavy (non-hydrogen) atoms. The van der Waals surface area contributed by atoms with Gasteiger partial charge >= 0.3 is 0 Å². The molecule has 1 N–H and O–H groups in total. The van der Waals surface area contributed by atoms with Crippen LogP contribution >= 0.6 is 0 Å². The quantitative estimate of drug-likeness (QED) is 0.288. The minimum atomic E-state index is -0.800. The number of carbonyl (C=O) groups is 2. The van der Waals surface area contributed by atoms with Gasteiger partial charge in [0.25, 0.3) is 11.7 Å². The normalized spacial score (nSPS) is 17.3. The number of benzene rings is 3. The molecule has 1 aliphatic rings. The number of ketones is 1. The molecular formula is C28H27NO5. The molecule has 0 saturated carbocycles. The molecule has 1 fully saturated rings. The Morgan fingerprint density at radius 2 is 1.65 bits per heavy atom. The zero-order valence-corrected chi connectivity index (χ0v) is 19.4. The molecule has 3 aromatic rings. The van der Waals surface area contributed by atoms with Crippen molar-refractivity contribution in [3.8, 4) is 11.5 Å². The number of amides is 1. The fourth-order valence-electron chi connectivity index (χ4n) is 4.06. The lowest BCUT2D eigenvalue weighted by Gasteiger charge is -2.25. The van der Waals surface area contributed by atoms with Crippen LogP contribution in [-0.4, -0.2) is 29.5 Å². The Morgan fingerprint density at radius 1 is 0.941 bits per heavy atom. The number of hydrogen-bond acceptors (Lipinski definition) is 5. The third kappa shape index (κ3) is 4.53. The third-order valence-electron chi connectivity index (χ3n) is 5.46. The summed E-state index contributed by atoms with van der Waals surface area (Å²) in [5.74, 6) is -0.432. The fourth-order valence-corrected chi connectivity index (χ4v) is 4.06. The van der Waals surface area contributed by atoms with Gasteiger partial charge < -0.3 is 14.6 Å². The molecule has 1 unspecified atom stereocenters. The summed E-state index contributed by atoms with van der Waals surface area (Å²) in [6.45, 7) is 6.21. The molecule has 6 heteroatoms. The van der Waals surface area contributed by atoms with Gasteiger partial charge in [-0.2, -0.15) is 0 Å². The van der Waals surface area contributed by atoms with Gasteiger partial charge in [0.05, 0.1) is 24.3 Å². The Balaban J connectivity index is 1.87. The van der Waals surface area contributed by atoms with Crippen molar-refractivity contribution >= 4 is 23.1 Å². The molecule has 4 rings (SSSR count). The van der Waals surface area contributed by atoms with Crippen LogP contribution in [0.2, 0.25) is 0 Å². The van der Waals surface area contributed by atoms with Crippen molar-refractivity contribution in [3.05, 3.63) is 95.6 Å². The van der Waals surface area contributed by atoms with Gasteiger partial charge in [-0.15, -0.1) is 0 Å². The maximum absolute atomic E-state index is 13.2. The van der Waals surface area contributed by atoms with Gasteiger partial charge in [0.15, 0.2) is 0 Å². The van der Waals surface area contributed by atoms with Crippen LogP contribution in [0.5, 0.6) is 11.5 Å². The second kappa shape index (κ2) is 9.83. The smallest absolute Gasteiger partial charge is 0.300 e. The van der Waals surface area contributed by atoms with Crippen molar-refractivity contribution in [2.24, 2.45) is 0 Å². The molecule has 174 valence electrons. The highest BCUT2D eigenvalue weighted by atomic mass is 16.5. The monoisotopic (exact) mass is 457 g/mol. The van der Waals surface area contributed by atoms with E-state index in [0.29, 0.717) is 34.9 Å². The van der Waals surface area contributed by atoms with E-state index in [-0.39, 0.29) is 17.4 Å². The Kier molecular flexibility index (Phi) is 6.68. The Hall–Kier alpha value is -4.06. The Labute approximate surface area is 199 Å². The zero-order valence-electron chi connectivity index (χ0n) is 19.4. The zero-order chi connectivity index (χ0) is 24.2. The summed E-state index contributed by atoms with van der Waals surface area (Å²) in [6.07, 6.45) is 0.0124. The van der Waals surface area contributed by atoms with Gasteiger partial charge in [0, 0.05) is 11.3 Å². The first kappa shape index (κ1) is 23.1. The van der Waals surface area contributed by atoms with Gasteiger partial charge in [0.2, 0.25) is 0 Å². The summed E-state index contributed by atoms with van der Waals surface area (Å²) in [5.41, 5.74) is 1.68. The van der Waals surface area contributed by atoms with Crippen LogP contribution in [0.3, 0.4) is 0 Å². The van der Waals surface area contributed by atoms with E-state index in [1.54, 1.807) is 60.7 Å². The van der Waals surface area contributed by atoms with Crippen molar-refractivity contribution in [2.75, 3.05) is 11.5 Å². The minimum absolute atomic E-state index is 0.0124. The van der Waals surface area contributed by atoms with Gasteiger partial charge in [-0.3, -0.25) is 14.5 Å². The average molecular weight is 458 g/mol. The lowest BCUT2D eigenvalue weighted by Crippen LogP contribution is -2.29. The van der Waals surface area contributed by atoms with E-state index in [0.717, 1.165) is 0 Å². The number of ether oxygens (including phenoxy) is 2. The molecule has 1 amide bonds. The number of aliphatic hydroxyl groups excluding tert-OH is 1. The molecular weight excluding hydrogens is 430 g/mol. The first-order chi connectivity index (χ1) is 16.4. The van der Waals surface area contributed by atoms with Crippen LogP contribution in [0.25, 0.3) is 5.76 Å². The van der Waals surface area contributed by atoms with E-state index in [1.165, 1.54) is 4.90 Å². The molecule has 1 atom stereocenters. The number of nitrogens with zero attached hydrogens (tertiary/aromatic N) is 1. The number of Topliss-reactive ketones (excluding diaryl/α,β-unsaturated/α-hetero) is 1. The highest BCUT2D eigenvalue weighted by molar-refractivity contribution is 6.51. The fraction of sp³-hybridized carbons (Fsp3) is 0.214.